The van der Waals surface area contributed by atoms with Gasteiger partial charge < -0.3 is 15.3 Å². The lowest BCUT2D eigenvalue weighted by Gasteiger charge is -2.14. The van der Waals surface area contributed by atoms with E-state index < -0.39 is 0 Å². The third kappa shape index (κ3) is 3.48. The molecule has 0 atom stereocenters. The highest BCUT2D eigenvalue weighted by atomic mass is 16.0. The minimum atomic E-state index is 0. The molecule has 2 aromatic rings. The SMILES string of the molecule is CN(C)c1ccc(-c2ccc(N(C)C)cc2)cc1.O. The fraction of sp³-hybridized carbons (Fsp3) is 0.250. The molecule has 0 aromatic heterocycles. The minimum absolute atomic E-state index is 0. The fourth-order valence-electron chi connectivity index (χ4n) is 1.90. The molecule has 0 spiro atoms. The first-order chi connectivity index (χ1) is 8.58. The Morgan fingerprint density at radius 1 is 0.526 bits per heavy atom. The second kappa shape index (κ2) is 6.25. The second-order valence-electron chi connectivity index (χ2n) is 4.88. The summed E-state index contributed by atoms with van der Waals surface area (Å²) >= 11 is 0. The predicted molar refractivity (Wildman–Crippen MR) is 84.1 cm³/mol. The maximum absolute atomic E-state index is 2.17. The minimum Gasteiger partial charge on any atom is -0.412 e. The molecule has 3 heteroatoms. The number of benzene rings is 2. The molecule has 0 bridgehead atoms. The van der Waals surface area contributed by atoms with Crippen LogP contribution in [-0.4, -0.2) is 33.7 Å². The van der Waals surface area contributed by atoms with Gasteiger partial charge in [-0.1, -0.05) is 24.3 Å². The number of hydrogen-bond acceptors (Lipinski definition) is 2. The Hall–Kier alpha value is -2.00. The van der Waals surface area contributed by atoms with Crippen LogP contribution in [0.3, 0.4) is 0 Å². The summed E-state index contributed by atoms with van der Waals surface area (Å²) < 4.78 is 0. The third-order valence-corrected chi connectivity index (χ3v) is 3.10. The molecular weight excluding hydrogens is 236 g/mol. The van der Waals surface area contributed by atoms with E-state index in [-0.39, 0.29) is 5.48 Å². The topological polar surface area (TPSA) is 38.0 Å². The molecule has 0 unspecified atom stereocenters. The summed E-state index contributed by atoms with van der Waals surface area (Å²) in [6.45, 7) is 0. The van der Waals surface area contributed by atoms with Gasteiger partial charge in [0.05, 0.1) is 0 Å². The zero-order chi connectivity index (χ0) is 13.1. The molecule has 102 valence electrons. The summed E-state index contributed by atoms with van der Waals surface area (Å²) in [6, 6.07) is 17.3. The van der Waals surface area contributed by atoms with Crippen LogP contribution in [0.15, 0.2) is 48.5 Å². The molecule has 0 saturated carbocycles. The van der Waals surface area contributed by atoms with Gasteiger partial charge in [-0.3, -0.25) is 0 Å². The van der Waals surface area contributed by atoms with Gasteiger partial charge in [0.25, 0.3) is 0 Å². The average Bonchev–Trinajstić information content (AvgIpc) is 2.39. The van der Waals surface area contributed by atoms with E-state index in [0.29, 0.717) is 0 Å². The van der Waals surface area contributed by atoms with Crippen LogP contribution in [0.4, 0.5) is 11.4 Å². The lowest BCUT2D eigenvalue weighted by Crippen LogP contribution is -2.08. The lowest BCUT2D eigenvalue weighted by molar-refractivity contribution is 0.824. The van der Waals surface area contributed by atoms with Gasteiger partial charge in [-0.05, 0) is 35.4 Å². The van der Waals surface area contributed by atoms with Gasteiger partial charge in [0, 0.05) is 39.6 Å². The molecule has 0 radical (unpaired) electrons. The first-order valence-corrected chi connectivity index (χ1v) is 6.13. The van der Waals surface area contributed by atoms with E-state index >= 15 is 0 Å². The molecule has 2 N–H and O–H groups in total. The van der Waals surface area contributed by atoms with Gasteiger partial charge in [-0.15, -0.1) is 0 Å². The monoisotopic (exact) mass is 258 g/mol. The smallest absolute Gasteiger partial charge is 0.0361 e. The molecule has 0 amide bonds. The third-order valence-electron chi connectivity index (χ3n) is 3.10. The highest BCUT2D eigenvalue weighted by Gasteiger charge is 2.00. The summed E-state index contributed by atoms with van der Waals surface area (Å²) in [5.41, 5.74) is 4.96. The van der Waals surface area contributed by atoms with E-state index in [1.165, 1.54) is 22.5 Å². The van der Waals surface area contributed by atoms with E-state index in [2.05, 4.69) is 86.5 Å². The first kappa shape index (κ1) is 15.1. The average molecular weight is 258 g/mol. The fourth-order valence-corrected chi connectivity index (χ4v) is 1.90. The summed E-state index contributed by atoms with van der Waals surface area (Å²) in [7, 11) is 8.23. The maximum Gasteiger partial charge on any atom is 0.0361 e. The van der Waals surface area contributed by atoms with Crippen LogP contribution in [0.5, 0.6) is 0 Å². The first-order valence-electron chi connectivity index (χ1n) is 6.13. The summed E-state index contributed by atoms with van der Waals surface area (Å²) in [6.07, 6.45) is 0. The Kier molecular flexibility index (Phi) is 4.95. The molecule has 0 heterocycles. The normalized spacial score (nSPS) is 9.68. The van der Waals surface area contributed by atoms with Crippen LogP contribution >= 0.6 is 0 Å². The Bertz CT molecular complexity index is 452. The Balaban J connectivity index is 0.00000180. The van der Waals surface area contributed by atoms with Crippen LogP contribution in [0.25, 0.3) is 11.1 Å². The van der Waals surface area contributed by atoms with E-state index in [1.807, 2.05) is 0 Å². The molecule has 0 aliphatic heterocycles. The van der Waals surface area contributed by atoms with E-state index in [4.69, 9.17) is 0 Å². The van der Waals surface area contributed by atoms with Gasteiger partial charge in [0.1, 0.15) is 0 Å². The highest BCUT2D eigenvalue weighted by Crippen LogP contribution is 2.24. The van der Waals surface area contributed by atoms with Crippen molar-refractivity contribution in [3.63, 3.8) is 0 Å². The van der Waals surface area contributed by atoms with Gasteiger partial charge in [0.15, 0.2) is 0 Å². The Morgan fingerprint density at radius 3 is 1.00 bits per heavy atom. The number of nitrogens with zero attached hydrogens (tertiary/aromatic N) is 2. The van der Waals surface area contributed by atoms with Crippen molar-refractivity contribution in [1.29, 1.82) is 0 Å². The molecular formula is C16H22N2O. The zero-order valence-corrected chi connectivity index (χ0v) is 12.0. The van der Waals surface area contributed by atoms with Crippen molar-refractivity contribution in [2.75, 3.05) is 38.0 Å². The van der Waals surface area contributed by atoms with Gasteiger partial charge in [-0.25, -0.2) is 0 Å². The Labute approximate surface area is 115 Å². The van der Waals surface area contributed by atoms with Crippen molar-refractivity contribution in [3.05, 3.63) is 48.5 Å². The van der Waals surface area contributed by atoms with Crippen LogP contribution in [0.2, 0.25) is 0 Å². The maximum atomic E-state index is 2.17. The molecule has 19 heavy (non-hydrogen) atoms. The number of anilines is 2. The van der Waals surface area contributed by atoms with Gasteiger partial charge in [0.2, 0.25) is 0 Å². The zero-order valence-electron chi connectivity index (χ0n) is 12.0. The van der Waals surface area contributed by atoms with Gasteiger partial charge in [-0.2, -0.15) is 0 Å². The largest absolute Gasteiger partial charge is 0.412 e. The molecule has 0 aliphatic carbocycles. The van der Waals surface area contributed by atoms with Gasteiger partial charge >= 0.3 is 0 Å². The molecule has 2 rings (SSSR count). The second-order valence-corrected chi connectivity index (χ2v) is 4.88. The summed E-state index contributed by atoms with van der Waals surface area (Å²) in [4.78, 5) is 4.22. The van der Waals surface area contributed by atoms with E-state index in [1.54, 1.807) is 0 Å². The van der Waals surface area contributed by atoms with Crippen LogP contribution in [-0.2, 0) is 0 Å². The lowest BCUT2D eigenvalue weighted by atomic mass is 10.0. The van der Waals surface area contributed by atoms with E-state index in [0.717, 1.165) is 0 Å². The van der Waals surface area contributed by atoms with Crippen LogP contribution in [0.1, 0.15) is 0 Å². The molecule has 0 saturated heterocycles. The van der Waals surface area contributed by atoms with Crippen molar-refractivity contribution >= 4 is 11.4 Å². The van der Waals surface area contributed by atoms with Crippen molar-refractivity contribution in [2.45, 2.75) is 0 Å². The quantitative estimate of drug-likeness (QED) is 0.849. The highest BCUT2D eigenvalue weighted by molar-refractivity contribution is 5.68. The summed E-state index contributed by atoms with van der Waals surface area (Å²) in [5, 5.41) is 0. The van der Waals surface area contributed by atoms with Crippen molar-refractivity contribution in [1.82, 2.24) is 0 Å². The Morgan fingerprint density at radius 2 is 0.789 bits per heavy atom. The number of rotatable bonds is 3. The predicted octanol–water partition coefficient (Wildman–Crippen LogP) is 2.66. The standard InChI is InChI=1S/C16H20N2.H2O/c1-17(2)15-9-5-13(6-10-15)14-7-11-16(12-8-14)18(3)4;/h5-12H,1-4H3;1H2. The molecule has 3 nitrogen and oxygen atoms in total. The van der Waals surface area contributed by atoms with Crippen LogP contribution < -0.4 is 9.80 Å². The molecule has 0 aliphatic rings. The van der Waals surface area contributed by atoms with Crippen molar-refractivity contribution < 1.29 is 5.48 Å². The summed E-state index contributed by atoms with van der Waals surface area (Å²) in [5.74, 6) is 0. The van der Waals surface area contributed by atoms with Crippen LogP contribution in [0, 0.1) is 0 Å². The molecule has 0 fully saturated rings. The number of hydrogen-bond donors (Lipinski definition) is 0. The van der Waals surface area contributed by atoms with Crippen molar-refractivity contribution in [2.24, 2.45) is 0 Å². The van der Waals surface area contributed by atoms with Crippen molar-refractivity contribution in [3.8, 4) is 11.1 Å². The van der Waals surface area contributed by atoms with E-state index in [9.17, 15) is 0 Å². The molecule has 2 aromatic carbocycles.